The van der Waals surface area contributed by atoms with E-state index in [1.807, 2.05) is 0 Å². The van der Waals surface area contributed by atoms with E-state index in [0.29, 0.717) is 11.3 Å². The van der Waals surface area contributed by atoms with Crippen molar-refractivity contribution in [1.29, 1.82) is 0 Å². The van der Waals surface area contributed by atoms with E-state index in [1.165, 1.54) is 25.1 Å². The minimum Gasteiger partial charge on any atom is -0.508 e. The lowest BCUT2D eigenvalue weighted by molar-refractivity contribution is -0.109. The number of aliphatic hydroxyl groups is 2. The smallest absolute Gasteiger partial charge is 0.185 e. The second-order valence-electron chi connectivity index (χ2n) is 3.95. The molecule has 1 rings (SSSR count). The fourth-order valence-electron chi connectivity index (χ4n) is 1.52. The number of carbonyl (C=O) groups is 1. The van der Waals surface area contributed by atoms with Gasteiger partial charge in [-0.25, -0.2) is 0 Å². The Labute approximate surface area is 110 Å². The van der Waals surface area contributed by atoms with Gasteiger partial charge >= 0.3 is 0 Å². The highest BCUT2D eigenvalue weighted by Gasteiger charge is 2.20. The molecule has 0 aromatic heterocycles. The van der Waals surface area contributed by atoms with Crippen LogP contribution in [-0.2, 0) is 4.79 Å². The zero-order chi connectivity index (χ0) is 13.7. The summed E-state index contributed by atoms with van der Waals surface area (Å²) in [5.41, 5.74) is 6.24. The van der Waals surface area contributed by atoms with Crippen LogP contribution >= 0.6 is 11.8 Å². The number of carbonyl (C=O) groups excluding carboxylic acids is 1. The van der Waals surface area contributed by atoms with Crippen LogP contribution in [0.1, 0.15) is 25.0 Å². The Bertz CT molecular complexity index is 425. The zero-order valence-electron chi connectivity index (χ0n) is 10.0. The molecule has 1 aromatic carbocycles. The van der Waals surface area contributed by atoms with E-state index in [1.54, 1.807) is 0 Å². The van der Waals surface area contributed by atoms with Gasteiger partial charge in [0.1, 0.15) is 11.9 Å². The van der Waals surface area contributed by atoms with Crippen molar-refractivity contribution in [3.05, 3.63) is 23.8 Å². The molecular weight excluding hydrogens is 254 g/mol. The summed E-state index contributed by atoms with van der Waals surface area (Å²) >= 11 is 1.10. The highest BCUT2D eigenvalue weighted by Crippen LogP contribution is 2.28. The van der Waals surface area contributed by atoms with Crippen LogP contribution in [0.25, 0.3) is 0 Å². The van der Waals surface area contributed by atoms with Crippen LogP contribution < -0.4 is 5.73 Å². The van der Waals surface area contributed by atoms with Gasteiger partial charge in [-0.1, -0.05) is 17.8 Å². The fourth-order valence-corrected chi connectivity index (χ4v) is 2.17. The molecule has 1 aromatic rings. The van der Waals surface area contributed by atoms with Crippen LogP contribution in [0.5, 0.6) is 5.75 Å². The number of hydrogen-bond donors (Lipinski definition) is 4. The normalized spacial score (nSPS) is 14.2. The minimum atomic E-state index is -1.13. The molecule has 100 valence electrons. The SMILES string of the molecule is CC(=O)SCCC(O)C(O)c1ccc(O)cc1N. The van der Waals surface area contributed by atoms with Crippen LogP contribution in [-0.4, -0.2) is 32.3 Å². The van der Waals surface area contributed by atoms with Crippen molar-refractivity contribution >= 4 is 22.6 Å². The summed E-state index contributed by atoms with van der Waals surface area (Å²) < 4.78 is 0. The van der Waals surface area contributed by atoms with Crippen molar-refractivity contribution in [3.8, 4) is 5.75 Å². The Kier molecular flexibility index (Phi) is 5.46. The van der Waals surface area contributed by atoms with Crippen LogP contribution in [0.4, 0.5) is 5.69 Å². The molecule has 5 nitrogen and oxygen atoms in total. The number of thioether (sulfide) groups is 1. The number of nitrogens with two attached hydrogens (primary N) is 1. The number of anilines is 1. The standard InChI is InChI=1S/C12H17NO4S/c1-7(14)18-5-4-11(16)12(17)9-3-2-8(15)6-10(9)13/h2-3,6,11-12,15-17H,4-5,13H2,1H3. The van der Waals surface area contributed by atoms with Crippen molar-refractivity contribution in [2.24, 2.45) is 0 Å². The number of nitrogen functional groups attached to an aromatic ring is 1. The second kappa shape index (κ2) is 6.63. The van der Waals surface area contributed by atoms with Crippen molar-refractivity contribution in [3.63, 3.8) is 0 Å². The van der Waals surface area contributed by atoms with Gasteiger partial charge in [0.05, 0.1) is 6.10 Å². The maximum Gasteiger partial charge on any atom is 0.185 e. The third-order valence-electron chi connectivity index (χ3n) is 2.47. The number of phenolic OH excluding ortho intramolecular Hbond substituents is 1. The highest BCUT2D eigenvalue weighted by atomic mass is 32.2. The molecule has 0 radical (unpaired) electrons. The van der Waals surface area contributed by atoms with Crippen LogP contribution in [0.3, 0.4) is 0 Å². The van der Waals surface area contributed by atoms with E-state index in [0.717, 1.165) is 11.8 Å². The first-order valence-corrected chi connectivity index (χ1v) is 6.48. The number of aromatic hydroxyl groups is 1. The van der Waals surface area contributed by atoms with Gasteiger partial charge in [-0.15, -0.1) is 0 Å². The zero-order valence-corrected chi connectivity index (χ0v) is 10.9. The van der Waals surface area contributed by atoms with Gasteiger partial charge in [-0.05, 0) is 12.5 Å². The van der Waals surface area contributed by atoms with Gasteiger partial charge in [-0.2, -0.15) is 0 Å². The van der Waals surface area contributed by atoms with Crippen LogP contribution in [0.15, 0.2) is 18.2 Å². The fraction of sp³-hybridized carbons (Fsp3) is 0.417. The molecule has 0 aliphatic carbocycles. The Morgan fingerprint density at radius 3 is 2.67 bits per heavy atom. The quantitative estimate of drug-likeness (QED) is 0.597. The Balaban J connectivity index is 2.62. The molecule has 0 bridgehead atoms. The average Bonchev–Trinajstić information content (AvgIpc) is 2.27. The summed E-state index contributed by atoms with van der Waals surface area (Å²) in [7, 11) is 0. The number of aliphatic hydroxyl groups excluding tert-OH is 2. The monoisotopic (exact) mass is 271 g/mol. The van der Waals surface area contributed by atoms with E-state index in [2.05, 4.69) is 0 Å². The van der Waals surface area contributed by atoms with Crippen molar-refractivity contribution in [2.45, 2.75) is 25.6 Å². The first-order chi connectivity index (χ1) is 8.41. The molecule has 0 aliphatic heterocycles. The summed E-state index contributed by atoms with van der Waals surface area (Å²) in [6.07, 6.45) is -1.84. The highest BCUT2D eigenvalue weighted by molar-refractivity contribution is 8.13. The lowest BCUT2D eigenvalue weighted by Gasteiger charge is -2.19. The van der Waals surface area contributed by atoms with Crippen molar-refractivity contribution < 1.29 is 20.1 Å². The number of benzene rings is 1. The largest absolute Gasteiger partial charge is 0.508 e. The molecule has 18 heavy (non-hydrogen) atoms. The molecule has 0 saturated heterocycles. The summed E-state index contributed by atoms with van der Waals surface area (Å²) in [5, 5.41) is 28.9. The number of hydrogen-bond acceptors (Lipinski definition) is 6. The van der Waals surface area contributed by atoms with E-state index >= 15 is 0 Å². The Morgan fingerprint density at radius 1 is 1.44 bits per heavy atom. The topological polar surface area (TPSA) is 104 Å². The molecule has 0 saturated carbocycles. The lowest BCUT2D eigenvalue weighted by Crippen LogP contribution is -2.20. The number of rotatable bonds is 5. The first kappa shape index (κ1) is 14.8. The number of phenols is 1. The molecular formula is C12H17NO4S. The Hall–Kier alpha value is -1.24. The van der Waals surface area contributed by atoms with Crippen molar-refractivity contribution in [2.75, 3.05) is 11.5 Å². The van der Waals surface area contributed by atoms with Crippen molar-refractivity contribution in [1.82, 2.24) is 0 Å². The summed E-state index contributed by atoms with van der Waals surface area (Å²) in [6.45, 7) is 1.45. The molecule has 2 atom stereocenters. The molecule has 6 heteroatoms. The van der Waals surface area contributed by atoms with E-state index < -0.39 is 12.2 Å². The second-order valence-corrected chi connectivity index (χ2v) is 5.23. The molecule has 0 aliphatic rings. The van der Waals surface area contributed by atoms with E-state index in [-0.39, 0.29) is 23.0 Å². The van der Waals surface area contributed by atoms with Gasteiger partial charge < -0.3 is 21.1 Å². The predicted octanol–water partition coefficient (Wildman–Crippen LogP) is 1.04. The van der Waals surface area contributed by atoms with E-state index in [9.17, 15) is 20.1 Å². The minimum absolute atomic E-state index is 0.00470. The van der Waals surface area contributed by atoms with Gasteiger partial charge in [-0.3, -0.25) is 4.79 Å². The van der Waals surface area contributed by atoms with Gasteiger partial charge in [0.15, 0.2) is 5.12 Å². The third kappa shape index (κ3) is 4.21. The maximum atomic E-state index is 10.7. The van der Waals surface area contributed by atoms with Gasteiger partial charge in [0.25, 0.3) is 0 Å². The molecule has 0 amide bonds. The third-order valence-corrected chi connectivity index (χ3v) is 3.32. The average molecular weight is 271 g/mol. The van der Waals surface area contributed by atoms with Gasteiger partial charge in [0.2, 0.25) is 0 Å². The molecule has 5 N–H and O–H groups in total. The Morgan fingerprint density at radius 2 is 2.11 bits per heavy atom. The van der Waals surface area contributed by atoms with Gasteiger partial charge in [0, 0.05) is 30.0 Å². The lowest BCUT2D eigenvalue weighted by atomic mass is 10.0. The molecule has 0 spiro atoms. The molecule has 2 unspecified atom stereocenters. The maximum absolute atomic E-state index is 10.7. The first-order valence-electron chi connectivity index (χ1n) is 5.49. The van der Waals surface area contributed by atoms with Crippen LogP contribution in [0, 0.1) is 0 Å². The molecule has 0 heterocycles. The predicted molar refractivity (Wildman–Crippen MR) is 71.2 cm³/mol. The summed E-state index contributed by atoms with van der Waals surface area (Å²) in [5.74, 6) is 0.441. The summed E-state index contributed by atoms with van der Waals surface area (Å²) in [6, 6.07) is 4.18. The van der Waals surface area contributed by atoms with Crippen LogP contribution in [0.2, 0.25) is 0 Å². The van der Waals surface area contributed by atoms with E-state index in [4.69, 9.17) is 5.73 Å². The molecule has 0 fully saturated rings. The summed E-state index contributed by atoms with van der Waals surface area (Å²) in [4.78, 5) is 10.7.